The fourth-order valence-corrected chi connectivity index (χ4v) is 5.69. The second-order valence-electron chi connectivity index (χ2n) is 9.09. The Morgan fingerprint density at radius 1 is 1.12 bits per heavy atom. The van der Waals surface area contributed by atoms with Crippen molar-refractivity contribution in [2.75, 3.05) is 22.9 Å². The highest BCUT2D eigenvalue weighted by Crippen LogP contribution is 2.56. The number of nitriles is 1. The van der Waals surface area contributed by atoms with Crippen molar-refractivity contribution in [3.05, 3.63) is 46.9 Å². The number of nitrogens with zero attached hydrogens (tertiary/aromatic N) is 5. The zero-order valence-corrected chi connectivity index (χ0v) is 18.7. The molecule has 0 N–H and O–H groups in total. The molecule has 3 aliphatic rings. The van der Waals surface area contributed by atoms with E-state index in [2.05, 4.69) is 9.97 Å². The molecule has 176 valence electrons. The summed E-state index contributed by atoms with van der Waals surface area (Å²) in [7, 11) is 0. The molecule has 0 spiro atoms. The molecule has 0 radical (unpaired) electrons. The number of morpholine rings is 1. The zero-order valence-electron chi connectivity index (χ0n) is 17.9. The van der Waals surface area contributed by atoms with Crippen molar-refractivity contribution < 1.29 is 27.5 Å². The minimum Gasteiger partial charge on any atom is -0.364 e. The summed E-state index contributed by atoms with van der Waals surface area (Å²) in [5.74, 6) is -2.57. The number of halogens is 4. The molecule has 5 rings (SSSR count). The molecule has 2 bridgehead atoms. The lowest BCUT2D eigenvalue weighted by Crippen LogP contribution is -2.58. The average Bonchev–Trinajstić information content (AvgIpc) is 3.12. The van der Waals surface area contributed by atoms with E-state index in [4.69, 9.17) is 21.6 Å². The summed E-state index contributed by atoms with van der Waals surface area (Å²) in [4.78, 5) is 37.8. The number of benzene rings is 1. The number of aromatic nitrogens is 2. The summed E-state index contributed by atoms with van der Waals surface area (Å²) in [6, 6.07) is 5.89. The molecule has 1 aromatic heterocycles. The Bertz CT molecular complexity index is 1250. The van der Waals surface area contributed by atoms with Gasteiger partial charge in [0.05, 0.1) is 45.9 Å². The SMILES string of the molecule is C[C@@]12CN(c3cc(Cl)ncn3)C[C@](C)(O1)[C@H]1C(=O)N(c3ccc(C#N)c(C(F)(F)F)c3)C(=O)[C@H]12. The first-order valence-corrected chi connectivity index (χ1v) is 10.7. The highest BCUT2D eigenvalue weighted by molar-refractivity contribution is 6.29. The Kier molecular flexibility index (Phi) is 4.73. The summed E-state index contributed by atoms with van der Waals surface area (Å²) in [6.45, 7) is 3.84. The van der Waals surface area contributed by atoms with Crippen LogP contribution in [0.3, 0.4) is 0 Å². The van der Waals surface area contributed by atoms with E-state index in [1.165, 1.54) is 18.5 Å². The third-order valence-corrected chi connectivity index (χ3v) is 6.94. The van der Waals surface area contributed by atoms with Crippen molar-refractivity contribution in [3.8, 4) is 6.07 Å². The molecule has 0 saturated carbocycles. The molecule has 4 heterocycles. The number of carbonyl (C=O) groups excluding carboxylic acids is 2. The van der Waals surface area contributed by atoms with E-state index in [0.29, 0.717) is 11.9 Å². The summed E-state index contributed by atoms with van der Waals surface area (Å²) >= 11 is 5.99. The highest BCUT2D eigenvalue weighted by Gasteiger charge is 2.72. The van der Waals surface area contributed by atoms with Crippen molar-refractivity contribution in [3.63, 3.8) is 0 Å². The first-order valence-electron chi connectivity index (χ1n) is 10.3. The van der Waals surface area contributed by atoms with Gasteiger partial charge in [-0.05, 0) is 32.0 Å². The van der Waals surface area contributed by atoms with Crippen LogP contribution in [0, 0.1) is 23.2 Å². The summed E-state index contributed by atoms with van der Waals surface area (Å²) < 4.78 is 46.7. The van der Waals surface area contributed by atoms with Crippen LogP contribution in [-0.2, 0) is 20.5 Å². The number of ether oxygens (including phenoxy) is 1. The van der Waals surface area contributed by atoms with Gasteiger partial charge in [-0.25, -0.2) is 14.9 Å². The number of fused-ring (bicyclic) bond motifs is 5. The van der Waals surface area contributed by atoms with Crippen LogP contribution >= 0.6 is 11.6 Å². The topological polar surface area (TPSA) is 99.4 Å². The highest BCUT2D eigenvalue weighted by atomic mass is 35.5. The molecule has 4 atom stereocenters. The molecule has 34 heavy (non-hydrogen) atoms. The molecular weight excluding hydrogens is 475 g/mol. The van der Waals surface area contributed by atoms with Gasteiger partial charge >= 0.3 is 6.18 Å². The monoisotopic (exact) mass is 491 g/mol. The van der Waals surface area contributed by atoms with E-state index in [1.807, 2.05) is 4.90 Å². The Balaban J connectivity index is 1.54. The van der Waals surface area contributed by atoms with E-state index in [1.54, 1.807) is 19.9 Å². The lowest BCUT2D eigenvalue weighted by atomic mass is 9.79. The summed E-state index contributed by atoms with van der Waals surface area (Å²) in [6.07, 6.45) is -3.51. The van der Waals surface area contributed by atoms with Crippen molar-refractivity contribution in [1.82, 2.24) is 9.97 Å². The zero-order chi connectivity index (χ0) is 24.6. The molecule has 2 amide bonds. The maximum Gasteiger partial charge on any atom is 0.417 e. The van der Waals surface area contributed by atoms with Gasteiger partial charge in [-0.3, -0.25) is 9.59 Å². The maximum absolute atomic E-state index is 13.5. The van der Waals surface area contributed by atoms with Gasteiger partial charge in [0, 0.05) is 19.2 Å². The van der Waals surface area contributed by atoms with Crippen LogP contribution in [0.2, 0.25) is 5.15 Å². The van der Waals surface area contributed by atoms with Gasteiger partial charge in [0.15, 0.2) is 0 Å². The second-order valence-corrected chi connectivity index (χ2v) is 9.48. The second kappa shape index (κ2) is 7.13. The van der Waals surface area contributed by atoms with Gasteiger partial charge in [0.25, 0.3) is 0 Å². The number of anilines is 2. The standard InChI is InChI=1S/C22H17ClF3N5O3/c1-20-8-30(15-6-14(23)28-10-29-15)9-21(2,34-20)17-16(20)18(32)31(19(17)33)12-4-3-11(7-27)13(5-12)22(24,25)26/h3-6,10,16-17H,8-9H2,1-2H3/t16-,17+,20-,21-/m0/s1. The van der Waals surface area contributed by atoms with Crippen molar-refractivity contribution in [2.24, 2.45) is 11.8 Å². The molecule has 0 aliphatic carbocycles. The first kappa shape index (κ1) is 22.6. The smallest absolute Gasteiger partial charge is 0.364 e. The third-order valence-electron chi connectivity index (χ3n) is 6.73. The Hall–Kier alpha value is -3.23. The molecule has 1 aromatic carbocycles. The van der Waals surface area contributed by atoms with E-state index >= 15 is 0 Å². The molecule has 12 heteroatoms. The van der Waals surface area contributed by atoms with Crippen LogP contribution in [0.1, 0.15) is 25.0 Å². The number of amides is 2. The first-order chi connectivity index (χ1) is 15.9. The normalized spacial score (nSPS) is 30.5. The summed E-state index contributed by atoms with van der Waals surface area (Å²) in [5.41, 5.74) is -4.22. The minimum atomic E-state index is -4.82. The number of carbonyl (C=O) groups is 2. The van der Waals surface area contributed by atoms with Crippen molar-refractivity contribution >= 4 is 34.9 Å². The lowest BCUT2D eigenvalue weighted by molar-refractivity contribution is -0.142. The Labute approximate surface area is 196 Å². The van der Waals surface area contributed by atoms with Crippen molar-refractivity contribution in [2.45, 2.75) is 31.2 Å². The van der Waals surface area contributed by atoms with Gasteiger partial charge in [0.2, 0.25) is 11.8 Å². The Morgan fingerprint density at radius 3 is 2.26 bits per heavy atom. The number of hydrogen-bond donors (Lipinski definition) is 0. The van der Waals surface area contributed by atoms with Crippen LogP contribution in [-0.4, -0.2) is 46.1 Å². The number of alkyl halides is 3. The van der Waals surface area contributed by atoms with Gasteiger partial charge in [-0.1, -0.05) is 11.6 Å². The van der Waals surface area contributed by atoms with Crippen LogP contribution < -0.4 is 9.80 Å². The maximum atomic E-state index is 13.5. The van der Waals surface area contributed by atoms with Crippen molar-refractivity contribution in [1.29, 1.82) is 5.26 Å². The van der Waals surface area contributed by atoms with Crippen LogP contribution in [0.4, 0.5) is 24.7 Å². The predicted octanol–water partition coefficient (Wildman–Crippen LogP) is 3.19. The molecule has 3 fully saturated rings. The van der Waals surface area contributed by atoms with Gasteiger partial charge in [-0.2, -0.15) is 18.4 Å². The molecule has 8 nitrogen and oxygen atoms in total. The lowest BCUT2D eigenvalue weighted by Gasteiger charge is -2.45. The molecule has 2 aromatic rings. The number of rotatable bonds is 2. The molecule has 3 saturated heterocycles. The Morgan fingerprint density at radius 2 is 1.74 bits per heavy atom. The minimum absolute atomic E-state index is 0.213. The average molecular weight is 492 g/mol. The van der Waals surface area contributed by atoms with Gasteiger partial charge in [-0.15, -0.1) is 0 Å². The van der Waals surface area contributed by atoms with Gasteiger partial charge in [0.1, 0.15) is 17.3 Å². The quantitative estimate of drug-likeness (QED) is 0.470. The fraction of sp³-hybridized carbons (Fsp3) is 0.409. The summed E-state index contributed by atoms with van der Waals surface area (Å²) in [5, 5.41) is 9.29. The fourth-order valence-electron chi connectivity index (χ4n) is 5.55. The van der Waals surface area contributed by atoms with Crippen LogP contribution in [0.5, 0.6) is 0 Å². The third kappa shape index (κ3) is 3.16. The molecule has 0 unspecified atom stereocenters. The van der Waals surface area contributed by atoms with E-state index in [9.17, 15) is 22.8 Å². The van der Waals surface area contributed by atoms with Gasteiger partial charge < -0.3 is 9.64 Å². The van der Waals surface area contributed by atoms with E-state index < -0.39 is 52.2 Å². The van der Waals surface area contributed by atoms with Crippen LogP contribution in [0.25, 0.3) is 0 Å². The largest absolute Gasteiger partial charge is 0.417 e. The van der Waals surface area contributed by atoms with E-state index in [0.717, 1.165) is 11.0 Å². The predicted molar refractivity (Wildman–Crippen MR) is 113 cm³/mol. The van der Waals surface area contributed by atoms with Crippen LogP contribution in [0.15, 0.2) is 30.6 Å². The molecular formula is C22H17ClF3N5O3. The number of imide groups is 1. The van der Waals surface area contributed by atoms with E-state index in [-0.39, 0.29) is 23.9 Å². The molecule has 3 aliphatic heterocycles. The number of hydrogen-bond acceptors (Lipinski definition) is 7.